The molecule has 1 aliphatic heterocycles. The van der Waals surface area contributed by atoms with Gasteiger partial charge in [-0.3, -0.25) is 0 Å². The molecular weight excluding hydrogens is 318 g/mol. The van der Waals surface area contributed by atoms with E-state index in [2.05, 4.69) is 31.3 Å². The third kappa shape index (κ3) is 5.67. The quantitative estimate of drug-likeness (QED) is 0.761. The van der Waals surface area contributed by atoms with Crippen molar-refractivity contribution < 1.29 is 22.0 Å². The standard InChI is InChI=1S/C21H33NO.ClH/c1-22-16-7-11-20(22)15-17-23-21-12-6-5-10-19(21)14-13-18-8-3-2-4-9-18;/h5-6,10,12,18,20H,2-4,7-9,11,13-17H2,1H3;1H. The number of hydrogen-bond donors (Lipinski definition) is 1. The molecule has 0 aromatic heterocycles. The molecule has 0 bridgehead atoms. The number of benzene rings is 1. The van der Waals surface area contributed by atoms with Crippen LogP contribution < -0.4 is 22.0 Å². The lowest BCUT2D eigenvalue weighted by atomic mass is 9.85. The maximum atomic E-state index is 6.17. The summed E-state index contributed by atoms with van der Waals surface area (Å²) in [5.41, 5.74) is 1.42. The highest BCUT2D eigenvalue weighted by atomic mass is 35.5. The Morgan fingerprint density at radius 1 is 1.00 bits per heavy atom. The number of hydrogen-bond acceptors (Lipinski definition) is 1. The Morgan fingerprint density at radius 3 is 2.54 bits per heavy atom. The first-order chi connectivity index (χ1) is 11.3. The summed E-state index contributed by atoms with van der Waals surface area (Å²) in [5.74, 6) is 2.09. The van der Waals surface area contributed by atoms with Crippen LogP contribution in [-0.2, 0) is 6.42 Å². The number of para-hydroxylation sites is 1. The second-order valence-electron chi connectivity index (χ2n) is 7.72. The van der Waals surface area contributed by atoms with Crippen LogP contribution in [0.2, 0.25) is 0 Å². The van der Waals surface area contributed by atoms with Crippen LogP contribution in [0.25, 0.3) is 0 Å². The Labute approximate surface area is 154 Å². The summed E-state index contributed by atoms with van der Waals surface area (Å²) in [4.78, 5) is 1.69. The summed E-state index contributed by atoms with van der Waals surface area (Å²) in [5, 5.41) is 0. The smallest absolute Gasteiger partial charge is 0.122 e. The number of likely N-dealkylation sites (tertiary alicyclic amines) is 1. The van der Waals surface area contributed by atoms with Crippen LogP contribution in [0.5, 0.6) is 5.75 Å². The van der Waals surface area contributed by atoms with Crippen LogP contribution in [0, 0.1) is 5.92 Å². The van der Waals surface area contributed by atoms with E-state index >= 15 is 0 Å². The van der Waals surface area contributed by atoms with Gasteiger partial charge >= 0.3 is 0 Å². The van der Waals surface area contributed by atoms with Gasteiger partial charge in [0.2, 0.25) is 0 Å². The fraction of sp³-hybridized carbons (Fsp3) is 0.714. The van der Waals surface area contributed by atoms with E-state index in [0.717, 1.165) is 24.3 Å². The topological polar surface area (TPSA) is 13.7 Å². The minimum atomic E-state index is 0. The predicted octanol–water partition coefficient (Wildman–Crippen LogP) is 0.650. The molecule has 136 valence electrons. The van der Waals surface area contributed by atoms with E-state index < -0.39 is 0 Å². The molecule has 3 rings (SSSR count). The van der Waals surface area contributed by atoms with Gasteiger partial charge in [0.25, 0.3) is 0 Å². The van der Waals surface area contributed by atoms with Crippen LogP contribution in [0.15, 0.2) is 24.3 Å². The first-order valence-corrected chi connectivity index (χ1v) is 9.86. The molecule has 1 aromatic rings. The second-order valence-corrected chi connectivity index (χ2v) is 7.72. The van der Waals surface area contributed by atoms with Crippen LogP contribution in [0.1, 0.15) is 63.4 Å². The van der Waals surface area contributed by atoms with Crippen molar-refractivity contribution in [1.82, 2.24) is 0 Å². The molecule has 2 fully saturated rings. The molecule has 1 heterocycles. The Hall–Kier alpha value is -0.730. The Kier molecular flexibility index (Phi) is 8.41. The lowest BCUT2D eigenvalue weighted by Gasteiger charge is -2.22. The lowest BCUT2D eigenvalue weighted by molar-refractivity contribution is -0.892. The average molecular weight is 352 g/mol. The molecule has 1 aliphatic carbocycles. The number of quaternary nitrogens is 1. The van der Waals surface area contributed by atoms with Gasteiger partial charge in [-0.05, 0) is 30.4 Å². The molecule has 24 heavy (non-hydrogen) atoms. The largest absolute Gasteiger partial charge is 1.00 e. The second kappa shape index (κ2) is 10.3. The van der Waals surface area contributed by atoms with Crippen molar-refractivity contribution in [3.63, 3.8) is 0 Å². The monoisotopic (exact) mass is 351 g/mol. The van der Waals surface area contributed by atoms with Crippen molar-refractivity contribution in [2.75, 3.05) is 20.2 Å². The summed E-state index contributed by atoms with van der Waals surface area (Å²) in [6.07, 6.45) is 13.7. The van der Waals surface area contributed by atoms with E-state index in [1.807, 2.05) is 0 Å². The maximum absolute atomic E-state index is 6.17. The fourth-order valence-electron chi connectivity index (χ4n) is 4.47. The molecule has 1 saturated heterocycles. The van der Waals surface area contributed by atoms with Crippen molar-refractivity contribution in [2.24, 2.45) is 5.92 Å². The molecule has 1 N–H and O–H groups in total. The van der Waals surface area contributed by atoms with Crippen molar-refractivity contribution in [3.8, 4) is 5.75 Å². The highest BCUT2D eigenvalue weighted by Crippen LogP contribution is 2.29. The Bertz CT molecular complexity index is 473. The van der Waals surface area contributed by atoms with Crippen LogP contribution in [0.3, 0.4) is 0 Å². The van der Waals surface area contributed by atoms with Gasteiger partial charge in [0.1, 0.15) is 5.75 Å². The molecule has 1 saturated carbocycles. The number of halogens is 1. The van der Waals surface area contributed by atoms with Crippen LogP contribution in [0.4, 0.5) is 0 Å². The van der Waals surface area contributed by atoms with E-state index in [9.17, 15) is 0 Å². The van der Waals surface area contributed by atoms with Gasteiger partial charge in [0, 0.05) is 19.3 Å². The highest BCUT2D eigenvalue weighted by Gasteiger charge is 2.24. The summed E-state index contributed by atoms with van der Waals surface area (Å²) in [6, 6.07) is 9.53. The van der Waals surface area contributed by atoms with Gasteiger partial charge in [0.05, 0.1) is 26.2 Å². The molecule has 0 amide bonds. The number of nitrogens with one attached hydrogen (secondary N) is 1. The molecule has 0 spiro atoms. The van der Waals surface area contributed by atoms with Crippen molar-refractivity contribution in [2.45, 2.75) is 70.3 Å². The molecule has 2 nitrogen and oxygen atoms in total. The molecular formula is C21H34ClNO. The highest BCUT2D eigenvalue weighted by molar-refractivity contribution is 5.33. The maximum Gasteiger partial charge on any atom is 0.122 e. The van der Waals surface area contributed by atoms with Crippen molar-refractivity contribution in [1.29, 1.82) is 0 Å². The lowest BCUT2D eigenvalue weighted by Crippen LogP contribution is -3.10. The van der Waals surface area contributed by atoms with Gasteiger partial charge in [-0.25, -0.2) is 0 Å². The molecule has 1 aromatic carbocycles. The van der Waals surface area contributed by atoms with E-state index in [4.69, 9.17) is 4.74 Å². The zero-order chi connectivity index (χ0) is 15.9. The number of rotatable bonds is 7. The fourth-order valence-corrected chi connectivity index (χ4v) is 4.47. The normalized spacial score (nSPS) is 24.5. The minimum absolute atomic E-state index is 0. The molecule has 2 atom stereocenters. The zero-order valence-corrected chi connectivity index (χ0v) is 16.0. The average Bonchev–Trinajstić information content (AvgIpc) is 3.00. The van der Waals surface area contributed by atoms with Gasteiger partial charge in [-0.2, -0.15) is 0 Å². The van der Waals surface area contributed by atoms with E-state index in [1.165, 1.54) is 76.3 Å². The number of ether oxygens (including phenoxy) is 1. The first kappa shape index (κ1) is 19.6. The van der Waals surface area contributed by atoms with Gasteiger partial charge in [-0.15, -0.1) is 0 Å². The summed E-state index contributed by atoms with van der Waals surface area (Å²) >= 11 is 0. The van der Waals surface area contributed by atoms with Crippen LogP contribution >= 0.6 is 0 Å². The van der Waals surface area contributed by atoms with Gasteiger partial charge in [-0.1, -0.05) is 50.3 Å². The van der Waals surface area contributed by atoms with Gasteiger partial charge in [0.15, 0.2) is 0 Å². The molecule has 2 unspecified atom stereocenters. The van der Waals surface area contributed by atoms with Crippen molar-refractivity contribution >= 4 is 0 Å². The zero-order valence-electron chi connectivity index (χ0n) is 15.2. The van der Waals surface area contributed by atoms with E-state index in [1.54, 1.807) is 4.90 Å². The minimum Gasteiger partial charge on any atom is -1.00 e. The summed E-state index contributed by atoms with van der Waals surface area (Å²) < 4.78 is 6.17. The molecule has 2 aliphatic rings. The Balaban J connectivity index is 0.00000208. The SMILES string of the molecule is C[NH+]1CCCC1CCOc1ccccc1CCC1CCCCC1.[Cl-]. The van der Waals surface area contributed by atoms with Crippen molar-refractivity contribution in [3.05, 3.63) is 29.8 Å². The summed E-state index contributed by atoms with van der Waals surface area (Å²) in [6.45, 7) is 2.21. The summed E-state index contributed by atoms with van der Waals surface area (Å²) in [7, 11) is 2.33. The molecule has 3 heteroatoms. The third-order valence-corrected chi connectivity index (χ3v) is 6.06. The Morgan fingerprint density at radius 2 is 1.79 bits per heavy atom. The third-order valence-electron chi connectivity index (χ3n) is 6.06. The first-order valence-electron chi connectivity index (χ1n) is 9.86. The predicted molar refractivity (Wildman–Crippen MR) is 96.2 cm³/mol. The van der Waals surface area contributed by atoms with E-state index in [0.29, 0.717) is 0 Å². The number of aryl methyl sites for hydroxylation is 1. The molecule has 0 radical (unpaired) electrons. The van der Waals surface area contributed by atoms with Gasteiger partial charge < -0.3 is 22.0 Å². The van der Waals surface area contributed by atoms with E-state index in [-0.39, 0.29) is 12.4 Å². The van der Waals surface area contributed by atoms with Crippen LogP contribution in [-0.4, -0.2) is 26.2 Å².